The molecule has 21 heavy (non-hydrogen) atoms. The maximum atomic E-state index is 6.19. The molecule has 0 amide bonds. The van der Waals surface area contributed by atoms with Gasteiger partial charge in [0.15, 0.2) is 0 Å². The van der Waals surface area contributed by atoms with Crippen molar-refractivity contribution >= 4 is 35.6 Å². The van der Waals surface area contributed by atoms with Crippen LogP contribution in [0.5, 0.6) is 0 Å². The van der Waals surface area contributed by atoms with Crippen molar-refractivity contribution in [1.29, 1.82) is 0 Å². The third-order valence-corrected chi connectivity index (χ3v) is 4.85. The van der Waals surface area contributed by atoms with Crippen molar-refractivity contribution in [2.75, 3.05) is 0 Å². The second-order valence-electron chi connectivity index (χ2n) is 5.60. The van der Waals surface area contributed by atoms with E-state index in [-0.39, 0.29) is 23.9 Å². The lowest BCUT2D eigenvalue weighted by molar-refractivity contribution is 0.524. The molecular formula is C17H18Cl3N. The van der Waals surface area contributed by atoms with Gasteiger partial charge >= 0.3 is 0 Å². The monoisotopic (exact) mass is 341 g/mol. The molecule has 2 aromatic rings. The molecule has 0 saturated heterocycles. The predicted molar refractivity (Wildman–Crippen MR) is 92.8 cm³/mol. The molecule has 0 bridgehead atoms. The molecule has 2 aromatic carbocycles. The van der Waals surface area contributed by atoms with Crippen LogP contribution in [0.4, 0.5) is 0 Å². The lowest BCUT2D eigenvalue weighted by atomic mass is 9.73. The van der Waals surface area contributed by atoms with Crippen LogP contribution in [-0.2, 0) is 5.41 Å². The molecule has 1 unspecified atom stereocenters. The molecule has 1 saturated carbocycles. The zero-order valence-electron chi connectivity index (χ0n) is 11.6. The van der Waals surface area contributed by atoms with Gasteiger partial charge in [0.1, 0.15) is 0 Å². The first kappa shape index (κ1) is 16.6. The molecule has 0 heterocycles. The van der Waals surface area contributed by atoms with Crippen molar-refractivity contribution in [3.05, 3.63) is 69.7 Å². The van der Waals surface area contributed by atoms with E-state index in [1.54, 1.807) is 0 Å². The van der Waals surface area contributed by atoms with Crippen molar-refractivity contribution in [3.8, 4) is 0 Å². The Bertz CT molecular complexity index is 547. The highest BCUT2D eigenvalue weighted by Crippen LogP contribution is 2.46. The van der Waals surface area contributed by atoms with Gasteiger partial charge in [-0.2, -0.15) is 0 Å². The van der Waals surface area contributed by atoms with E-state index in [4.69, 9.17) is 28.9 Å². The molecule has 4 heteroatoms. The summed E-state index contributed by atoms with van der Waals surface area (Å²) in [5.74, 6) is 0. The Morgan fingerprint density at radius 1 is 0.857 bits per heavy atom. The number of hydrogen-bond donors (Lipinski definition) is 1. The minimum absolute atomic E-state index is 0. The molecule has 0 aromatic heterocycles. The smallest absolute Gasteiger partial charge is 0.0406 e. The zero-order valence-corrected chi connectivity index (χ0v) is 13.9. The third kappa shape index (κ3) is 3.22. The normalized spacial score (nSPS) is 20.0. The summed E-state index contributed by atoms with van der Waals surface area (Å²) in [4.78, 5) is 0. The molecule has 1 aliphatic carbocycles. The van der Waals surface area contributed by atoms with Crippen LogP contribution < -0.4 is 5.73 Å². The Kier molecular flexibility index (Phi) is 5.21. The number of benzene rings is 2. The number of hydrogen-bond acceptors (Lipinski definition) is 1. The Morgan fingerprint density at radius 2 is 1.29 bits per heavy atom. The largest absolute Gasteiger partial charge is 0.328 e. The molecule has 0 spiro atoms. The van der Waals surface area contributed by atoms with Gasteiger partial charge in [0.25, 0.3) is 0 Å². The van der Waals surface area contributed by atoms with E-state index < -0.39 is 0 Å². The predicted octanol–water partition coefficient (Wildman–Crippen LogP) is 5.21. The van der Waals surface area contributed by atoms with E-state index in [0.29, 0.717) is 0 Å². The van der Waals surface area contributed by atoms with Crippen molar-refractivity contribution in [3.63, 3.8) is 0 Å². The van der Waals surface area contributed by atoms with Gasteiger partial charge in [-0.05, 0) is 54.7 Å². The summed E-state index contributed by atoms with van der Waals surface area (Å²) in [5, 5.41) is 1.53. The molecule has 1 aliphatic rings. The summed E-state index contributed by atoms with van der Waals surface area (Å²) in [7, 11) is 0. The lowest BCUT2D eigenvalue weighted by Crippen LogP contribution is -2.27. The first-order valence-electron chi connectivity index (χ1n) is 6.88. The Hall–Kier alpha value is -0.730. The molecule has 1 fully saturated rings. The van der Waals surface area contributed by atoms with Gasteiger partial charge in [0.05, 0.1) is 0 Å². The molecule has 3 rings (SSSR count). The van der Waals surface area contributed by atoms with Crippen LogP contribution in [0.25, 0.3) is 0 Å². The van der Waals surface area contributed by atoms with E-state index in [1.807, 2.05) is 24.3 Å². The van der Waals surface area contributed by atoms with Crippen LogP contribution in [0.3, 0.4) is 0 Å². The van der Waals surface area contributed by atoms with Gasteiger partial charge < -0.3 is 5.73 Å². The highest BCUT2D eigenvalue weighted by Gasteiger charge is 2.40. The van der Waals surface area contributed by atoms with Crippen molar-refractivity contribution in [2.24, 2.45) is 5.73 Å². The highest BCUT2D eigenvalue weighted by atomic mass is 35.5. The van der Waals surface area contributed by atoms with Crippen molar-refractivity contribution in [1.82, 2.24) is 0 Å². The van der Waals surface area contributed by atoms with Gasteiger partial charge in [-0.1, -0.05) is 47.5 Å². The van der Waals surface area contributed by atoms with Crippen LogP contribution >= 0.6 is 35.6 Å². The van der Waals surface area contributed by atoms with Crippen LogP contribution in [0.1, 0.15) is 30.4 Å². The summed E-state index contributed by atoms with van der Waals surface area (Å²) in [5.41, 5.74) is 8.77. The molecule has 1 atom stereocenters. The van der Waals surface area contributed by atoms with Gasteiger partial charge in [-0.15, -0.1) is 12.4 Å². The molecule has 1 nitrogen and oxygen atoms in total. The van der Waals surface area contributed by atoms with Crippen molar-refractivity contribution < 1.29 is 0 Å². The second-order valence-corrected chi connectivity index (χ2v) is 6.47. The molecular weight excluding hydrogens is 325 g/mol. The lowest BCUT2D eigenvalue weighted by Gasteiger charge is -2.31. The number of halogens is 3. The fourth-order valence-corrected chi connectivity index (χ4v) is 3.56. The maximum Gasteiger partial charge on any atom is 0.0406 e. The second kappa shape index (κ2) is 6.58. The minimum atomic E-state index is -0.00536. The number of nitrogens with two attached hydrogens (primary N) is 1. The summed E-state index contributed by atoms with van der Waals surface area (Å²) in [6.45, 7) is 0. The van der Waals surface area contributed by atoms with Crippen molar-refractivity contribution in [2.45, 2.75) is 30.7 Å². The van der Waals surface area contributed by atoms with Crippen LogP contribution in [0.2, 0.25) is 10.0 Å². The van der Waals surface area contributed by atoms with Gasteiger partial charge in [-0.3, -0.25) is 0 Å². The first-order chi connectivity index (χ1) is 9.60. The zero-order chi connectivity index (χ0) is 14.2. The SMILES string of the molecule is Cl.NC1CCC(c2ccc(Cl)cc2)(c2ccc(Cl)cc2)C1. The Balaban J connectivity index is 0.00000161. The van der Waals surface area contributed by atoms with Crippen LogP contribution in [0, 0.1) is 0 Å². The van der Waals surface area contributed by atoms with E-state index in [0.717, 1.165) is 29.3 Å². The average Bonchev–Trinajstić information content (AvgIpc) is 2.84. The van der Waals surface area contributed by atoms with Gasteiger partial charge in [0, 0.05) is 21.5 Å². The topological polar surface area (TPSA) is 26.0 Å². The number of rotatable bonds is 2. The van der Waals surface area contributed by atoms with Crippen LogP contribution in [0.15, 0.2) is 48.5 Å². The summed E-state index contributed by atoms with van der Waals surface area (Å²) in [6.07, 6.45) is 3.08. The Labute approximate surface area is 141 Å². The Morgan fingerprint density at radius 3 is 1.62 bits per heavy atom. The molecule has 0 radical (unpaired) electrons. The average molecular weight is 343 g/mol. The van der Waals surface area contributed by atoms with E-state index in [2.05, 4.69) is 24.3 Å². The van der Waals surface area contributed by atoms with Gasteiger partial charge in [0.2, 0.25) is 0 Å². The standard InChI is InChI=1S/C17H17Cl2N.ClH/c18-14-5-1-12(2-6-14)17(10-9-16(20)11-17)13-3-7-15(19)8-4-13;/h1-8,16H,9-11,20H2;1H. The quantitative estimate of drug-likeness (QED) is 0.796. The fraction of sp³-hybridized carbons (Fsp3) is 0.294. The summed E-state index contributed by atoms with van der Waals surface area (Å²) >= 11 is 12.0. The third-order valence-electron chi connectivity index (χ3n) is 4.35. The van der Waals surface area contributed by atoms with Crippen LogP contribution in [-0.4, -0.2) is 6.04 Å². The molecule has 112 valence electrons. The summed E-state index contributed by atoms with van der Waals surface area (Å²) < 4.78 is 0. The van der Waals surface area contributed by atoms with E-state index in [1.165, 1.54) is 11.1 Å². The fourth-order valence-electron chi connectivity index (χ4n) is 3.31. The molecule has 2 N–H and O–H groups in total. The highest BCUT2D eigenvalue weighted by molar-refractivity contribution is 6.30. The van der Waals surface area contributed by atoms with Gasteiger partial charge in [-0.25, -0.2) is 0 Å². The van der Waals surface area contributed by atoms with E-state index >= 15 is 0 Å². The minimum Gasteiger partial charge on any atom is -0.328 e. The first-order valence-corrected chi connectivity index (χ1v) is 7.63. The maximum absolute atomic E-state index is 6.19. The van der Waals surface area contributed by atoms with E-state index in [9.17, 15) is 0 Å². The summed E-state index contributed by atoms with van der Waals surface area (Å²) in [6, 6.07) is 16.6. The molecule has 0 aliphatic heterocycles.